The van der Waals surface area contributed by atoms with Crippen molar-refractivity contribution in [2.24, 2.45) is 0 Å². The molecule has 2 aromatic carbocycles. The molecule has 0 saturated heterocycles. The first-order valence-corrected chi connectivity index (χ1v) is 10.5. The molecule has 2 aromatic rings. The summed E-state index contributed by atoms with van der Waals surface area (Å²) in [5, 5.41) is 0. The number of ketones is 1. The zero-order valence-electron chi connectivity index (χ0n) is 17.7. The predicted octanol–water partition coefficient (Wildman–Crippen LogP) is 4.79. The molecular weight excluding hydrogens is 378 g/mol. The summed E-state index contributed by atoms with van der Waals surface area (Å²) in [6.07, 6.45) is 3.23. The van der Waals surface area contributed by atoms with Crippen molar-refractivity contribution in [3.63, 3.8) is 0 Å². The lowest BCUT2D eigenvalue weighted by molar-refractivity contribution is -0.119. The summed E-state index contributed by atoms with van der Waals surface area (Å²) in [6, 6.07) is 13.7. The van der Waals surface area contributed by atoms with E-state index in [2.05, 4.69) is 6.92 Å². The number of carbonyl (C=O) groups excluding carboxylic acids is 2. The topological polar surface area (TPSA) is 55.8 Å². The molecule has 0 N–H and O–H groups in total. The number of rotatable bonds is 5. The molecule has 30 heavy (non-hydrogen) atoms. The molecule has 1 aliphatic carbocycles. The Balaban J connectivity index is 1.81. The molecule has 1 unspecified atom stereocenters. The quantitative estimate of drug-likeness (QED) is 0.717. The lowest BCUT2D eigenvalue weighted by atomic mass is 9.77. The first kappa shape index (κ1) is 20.2. The van der Waals surface area contributed by atoms with Gasteiger partial charge in [-0.05, 0) is 54.7 Å². The highest BCUT2D eigenvalue weighted by atomic mass is 16.5. The number of hydrogen-bond donors (Lipinski definition) is 0. The van der Waals surface area contributed by atoms with Crippen molar-refractivity contribution >= 4 is 17.4 Å². The maximum Gasteiger partial charge on any atom is 0.232 e. The second kappa shape index (κ2) is 8.34. The summed E-state index contributed by atoms with van der Waals surface area (Å²) in [5.41, 5.74) is 4.59. The third kappa shape index (κ3) is 3.49. The molecule has 2 aliphatic rings. The first-order valence-electron chi connectivity index (χ1n) is 10.5. The summed E-state index contributed by atoms with van der Waals surface area (Å²) in [5.74, 6) is 1.13. The molecule has 156 valence electrons. The third-order valence-electron chi connectivity index (χ3n) is 6.09. The Morgan fingerprint density at radius 2 is 1.70 bits per heavy atom. The Labute approximate surface area is 177 Å². The second-order valence-corrected chi connectivity index (χ2v) is 7.76. The highest BCUT2D eigenvalue weighted by Crippen LogP contribution is 2.44. The van der Waals surface area contributed by atoms with E-state index < -0.39 is 0 Å². The number of methoxy groups -OCH3 is 2. The minimum Gasteiger partial charge on any atom is -0.493 e. The molecule has 0 spiro atoms. The van der Waals surface area contributed by atoms with E-state index in [1.807, 2.05) is 42.5 Å². The number of Topliss-reactive ketones (excluding diaryl/α,β-unsaturated/α-hetero) is 1. The Morgan fingerprint density at radius 3 is 2.37 bits per heavy atom. The van der Waals surface area contributed by atoms with Crippen molar-refractivity contribution in [1.29, 1.82) is 0 Å². The SMILES string of the molecule is CCc1ccc(N2C(=O)CC(c3ccc(OC)c(OC)c3)C3=C2CCCC3=O)cc1. The van der Waals surface area contributed by atoms with Crippen LogP contribution in [0.15, 0.2) is 53.7 Å². The van der Waals surface area contributed by atoms with E-state index in [1.165, 1.54) is 5.56 Å². The van der Waals surface area contributed by atoms with E-state index in [1.54, 1.807) is 19.1 Å². The molecule has 4 rings (SSSR count). The van der Waals surface area contributed by atoms with Gasteiger partial charge in [0, 0.05) is 35.7 Å². The van der Waals surface area contributed by atoms with Crippen LogP contribution in [0.3, 0.4) is 0 Å². The average molecular weight is 405 g/mol. The average Bonchev–Trinajstić information content (AvgIpc) is 2.78. The van der Waals surface area contributed by atoms with Crippen LogP contribution in [0.2, 0.25) is 0 Å². The van der Waals surface area contributed by atoms with Gasteiger partial charge in [-0.25, -0.2) is 0 Å². The van der Waals surface area contributed by atoms with Crippen LogP contribution < -0.4 is 14.4 Å². The predicted molar refractivity (Wildman–Crippen MR) is 116 cm³/mol. The zero-order chi connectivity index (χ0) is 21.3. The van der Waals surface area contributed by atoms with Gasteiger partial charge < -0.3 is 9.47 Å². The van der Waals surface area contributed by atoms with Crippen molar-refractivity contribution in [3.05, 3.63) is 64.9 Å². The van der Waals surface area contributed by atoms with E-state index in [0.29, 0.717) is 17.9 Å². The highest BCUT2D eigenvalue weighted by Gasteiger charge is 2.39. The number of benzene rings is 2. The molecule has 1 heterocycles. The summed E-state index contributed by atoms with van der Waals surface area (Å²) in [6.45, 7) is 2.11. The number of aryl methyl sites for hydroxylation is 1. The van der Waals surface area contributed by atoms with Crippen LogP contribution in [0.25, 0.3) is 0 Å². The molecule has 0 bridgehead atoms. The van der Waals surface area contributed by atoms with E-state index in [-0.39, 0.29) is 24.0 Å². The van der Waals surface area contributed by atoms with Gasteiger partial charge in [0.05, 0.1) is 14.2 Å². The van der Waals surface area contributed by atoms with Gasteiger partial charge in [-0.1, -0.05) is 25.1 Å². The summed E-state index contributed by atoms with van der Waals surface area (Å²) >= 11 is 0. The first-order chi connectivity index (χ1) is 14.6. The van der Waals surface area contributed by atoms with Crippen molar-refractivity contribution in [3.8, 4) is 11.5 Å². The Bertz CT molecular complexity index is 1010. The van der Waals surface area contributed by atoms with Crippen LogP contribution in [0, 0.1) is 0 Å². The van der Waals surface area contributed by atoms with E-state index in [9.17, 15) is 9.59 Å². The number of ether oxygens (including phenoxy) is 2. The molecule has 1 atom stereocenters. The van der Waals surface area contributed by atoms with Crippen LogP contribution >= 0.6 is 0 Å². The minimum absolute atomic E-state index is 0.0208. The molecule has 0 aromatic heterocycles. The van der Waals surface area contributed by atoms with Gasteiger partial charge in [-0.15, -0.1) is 0 Å². The van der Waals surface area contributed by atoms with Gasteiger partial charge in [-0.3, -0.25) is 14.5 Å². The fourth-order valence-electron chi connectivity index (χ4n) is 4.53. The summed E-state index contributed by atoms with van der Waals surface area (Å²) < 4.78 is 10.8. The number of allylic oxidation sites excluding steroid dienone is 2. The molecular formula is C25H27NO4. The number of nitrogens with zero attached hydrogens (tertiary/aromatic N) is 1. The smallest absolute Gasteiger partial charge is 0.232 e. The Kier molecular flexibility index (Phi) is 5.62. The Morgan fingerprint density at radius 1 is 0.967 bits per heavy atom. The van der Waals surface area contributed by atoms with Crippen LogP contribution in [0.1, 0.15) is 49.7 Å². The van der Waals surface area contributed by atoms with Crippen molar-refractivity contribution in [2.45, 2.75) is 44.9 Å². The van der Waals surface area contributed by atoms with Crippen molar-refractivity contribution in [2.75, 3.05) is 19.1 Å². The van der Waals surface area contributed by atoms with Gasteiger partial charge in [0.1, 0.15) is 0 Å². The van der Waals surface area contributed by atoms with Crippen LogP contribution in [-0.2, 0) is 16.0 Å². The lowest BCUT2D eigenvalue weighted by Gasteiger charge is -2.38. The second-order valence-electron chi connectivity index (χ2n) is 7.76. The molecule has 5 heteroatoms. The summed E-state index contributed by atoms with van der Waals surface area (Å²) in [4.78, 5) is 28.1. The van der Waals surface area contributed by atoms with Gasteiger partial charge >= 0.3 is 0 Å². The highest BCUT2D eigenvalue weighted by molar-refractivity contribution is 6.07. The van der Waals surface area contributed by atoms with Gasteiger partial charge in [-0.2, -0.15) is 0 Å². The van der Waals surface area contributed by atoms with E-state index in [0.717, 1.165) is 41.8 Å². The van der Waals surface area contributed by atoms with Crippen molar-refractivity contribution < 1.29 is 19.1 Å². The number of hydrogen-bond acceptors (Lipinski definition) is 4. The maximum absolute atomic E-state index is 13.3. The number of amides is 1. The summed E-state index contributed by atoms with van der Waals surface area (Å²) in [7, 11) is 3.18. The molecule has 5 nitrogen and oxygen atoms in total. The van der Waals surface area contributed by atoms with Crippen LogP contribution in [0.4, 0.5) is 5.69 Å². The third-order valence-corrected chi connectivity index (χ3v) is 6.09. The Hall–Kier alpha value is -3.08. The standard InChI is InChI=1S/C25H27NO4/c1-4-16-8-11-18(12-9-16)26-20-6-5-7-21(27)25(20)19(15-24(26)28)17-10-13-22(29-2)23(14-17)30-3/h8-14,19H,4-7,15H2,1-3H3. The molecule has 1 aliphatic heterocycles. The van der Waals surface area contributed by atoms with Gasteiger partial charge in [0.25, 0.3) is 0 Å². The lowest BCUT2D eigenvalue weighted by Crippen LogP contribution is -2.40. The van der Waals surface area contributed by atoms with E-state index in [4.69, 9.17) is 9.47 Å². The largest absolute Gasteiger partial charge is 0.493 e. The molecule has 0 saturated carbocycles. The zero-order valence-corrected chi connectivity index (χ0v) is 17.7. The molecule has 0 fully saturated rings. The maximum atomic E-state index is 13.3. The number of anilines is 1. The number of carbonyl (C=O) groups is 2. The minimum atomic E-state index is -0.258. The molecule has 0 radical (unpaired) electrons. The van der Waals surface area contributed by atoms with Crippen molar-refractivity contribution in [1.82, 2.24) is 0 Å². The normalized spacial score (nSPS) is 19.0. The fraction of sp³-hybridized carbons (Fsp3) is 0.360. The van der Waals surface area contributed by atoms with Gasteiger partial charge in [0.15, 0.2) is 17.3 Å². The fourth-order valence-corrected chi connectivity index (χ4v) is 4.53. The van der Waals surface area contributed by atoms with Gasteiger partial charge in [0.2, 0.25) is 5.91 Å². The molecule has 1 amide bonds. The van der Waals surface area contributed by atoms with E-state index >= 15 is 0 Å². The van der Waals surface area contributed by atoms with Crippen LogP contribution in [0.5, 0.6) is 11.5 Å². The van der Waals surface area contributed by atoms with Crippen LogP contribution in [-0.4, -0.2) is 25.9 Å². The monoisotopic (exact) mass is 405 g/mol.